The van der Waals surface area contributed by atoms with E-state index < -0.39 is 0 Å². The number of carbonyl (C=O) groups is 1. The third-order valence-electron chi connectivity index (χ3n) is 4.55. The van der Waals surface area contributed by atoms with Crippen LogP contribution < -0.4 is 0 Å². The van der Waals surface area contributed by atoms with E-state index in [2.05, 4.69) is 0 Å². The first-order chi connectivity index (χ1) is 10.1. The molecule has 0 spiro atoms. The Morgan fingerprint density at radius 2 is 1.90 bits per heavy atom. The fourth-order valence-electron chi connectivity index (χ4n) is 3.44. The van der Waals surface area contributed by atoms with E-state index in [1.165, 1.54) is 6.42 Å². The first-order valence-electron chi connectivity index (χ1n) is 7.63. The van der Waals surface area contributed by atoms with E-state index in [4.69, 9.17) is 4.74 Å². The molecule has 0 amide bonds. The minimum Gasteiger partial charge on any atom is -0.457 e. The van der Waals surface area contributed by atoms with Gasteiger partial charge in [-0.2, -0.15) is 0 Å². The number of esters is 1. The second-order valence-electron chi connectivity index (χ2n) is 5.93. The molecular formula is C16H19NO4. The number of ether oxygens (including phenoxy) is 1. The van der Waals surface area contributed by atoms with Crippen LogP contribution in [0.4, 0.5) is 5.69 Å². The fourth-order valence-corrected chi connectivity index (χ4v) is 3.44. The van der Waals surface area contributed by atoms with Gasteiger partial charge < -0.3 is 4.74 Å². The van der Waals surface area contributed by atoms with E-state index in [0.29, 0.717) is 18.8 Å². The Morgan fingerprint density at radius 3 is 2.52 bits per heavy atom. The third-order valence-corrected chi connectivity index (χ3v) is 4.55. The Hall–Kier alpha value is -1.91. The highest BCUT2D eigenvalue weighted by atomic mass is 16.6. The molecule has 5 heteroatoms. The SMILES string of the molecule is O=C1CCC(c2ccc(C3CCCCC3)c([N+](=O)[O-])c2)O1. The van der Waals surface area contributed by atoms with Crippen LogP contribution in [0.2, 0.25) is 0 Å². The van der Waals surface area contributed by atoms with Gasteiger partial charge in [-0.1, -0.05) is 31.4 Å². The molecule has 1 saturated carbocycles. The van der Waals surface area contributed by atoms with Crippen LogP contribution in [-0.4, -0.2) is 10.9 Å². The zero-order chi connectivity index (χ0) is 14.8. The average Bonchev–Trinajstić information content (AvgIpc) is 2.94. The Labute approximate surface area is 123 Å². The summed E-state index contributed by atoms with van der Waals surface area (Å²) in [6.45, 7) is 0. The number of nitro groups is 1. The summed E-state index contributed by atoms with van der Waals surface area (Å²) in [6, 6.07) is 5.36. The van der Waals surface area contributed by atoms with Crippen molar-refractivity contribution in [2.24, 2.45) is 0 Å². The number of cyclic esters (lactones) is 1. The molecule has 0 N–H and O–H groups in total. The van der Waals surface area contributed by atoms with Gasteiger partial charge in [0.15, 0.2) is 0 Å². The summed E-state index contributed by atoms with van der Waals surface area (Å²) in [4.78, 5) is 22.3. The third kappa shape index (κ3) is 2.91. The predicted molar refractivity (Wildman–Crippen MR) is 77.0 cm³/mol. The lowest BCUT2D eigenvalue weighted by molar-refractivity contribution is -0.385. The first kappa shape index (κ1) is 14.0. The maximum Gasteiger partial charge on any atom is 0.306 e. The zero-order valence-corrected chi connectivity index (χ0v) is 11.9. The van der Waals surface area contributed by atoms with Crippen molar-refractivity contribution in [2.75, 3.05) is 0 Å². The summed E-state index contributed by atoms with van der Waals surface area (Å²) in [5, 5.41) is 11.4. The van der Waals surface area contributed by atoms with Crippen molar-refractivity contribution < 1.29 is 14.5 Å². The van der Waals surface area contributed by atoms with Crippen molar-refractivity contribution in [3.8, 4) is 0 Å². The molecule has 1 aliphatic carbocycles. The van der Waals surface area contributed by atoms with Gasteiger partial charge in [0.2, 0.25) is 0 Å². The Balaban J connectivity index is 1.90. The van der Waals surface area contributed by atoms with Crippen LogP contribution in [0.3, 0.4) is 0 Å². The molecule has 0 bridgehead atoms. The molecule has 1 heterocycles. The lowest BCUT2D eigenvalue weighted by atomic mass is 9.83. The van der Waals surface area contributed by atoms with Gasteiger partial charge in [0.1, 0.15) is 6.10 Å². The number of nitro benzene ring substituents is 1. The molecule has 1 unspecified atom stereocenters. The molecule has 1 aromatic rings. The highest BCUT2D eigenvalue weighted by Gasteiger charge is 2.29. The average molecular weight is 289 g/mol. The zero-order valence-electron chi connectivity index (χ0n) is 11.9. The number of rotatable bonds is 3. The molecular weight excluding hydrogens is 270 g/mol. The van der Waals surface area contributed by atoms with Crippen LogP contribution in [0, 0.1) is 10.1 Å². The van der Waals surface area contributed by atoms with E-state index in [-0.39, 0.29) is 22.7 Å². The minimum absolute atomic E-state index is 0.183. The van der Waals surface area contributed by atoms with Crippen molar-refractivity contribution in [1.29, 1.82) is 0 Å². The molecule has 2 aliphatic rings. The lowest BCUT2D eigenvalue weighted by Crippen LogP contribution is -2.08. The quantitative estimate of drug-likeness (QED) is 0.478. The van der Waals surface area contributed by atoms with Crippen molar-refractivity contribution in [1.82, 2.24) is 0 Å². The number of hydrogen-bond donors (Lipinski definition) is 0. The van der Waals surface area contributed by atoms with Gasteiger partial charge in [-0.3, -0.25) is 14.9 Å². The van der Waals surface area contributed by atoms with Crippen LogP contribution in [-0.2, 0) is 9.53 Å². The van der Waals surface area contributed by atoms with Crippen LogP contribution in [0.1, 0.15) is 68.1 Å². The van der Waals surface area contributed by atoms with Crippen LogP contribution in [0.15, 0.2) is 18.2 Å². The number of nitrogens with zero attached hydrogens (tertiary/aromatic N) is 1. The summed E-state index contributed by atoms with van der Waals surface area (Å²) in [6.07, 6.45) is 6.24. The fraction of sp³-hybridized carbons (Fsp3) is 0.562. The summed E-state index contributed by atoms with van der Waals surface area (Å²) in [5.74, 6) is 0.0679. The molecule has 112 valence electrons. The molecule has 21 heavy (non-hydrogen) atoms. The van der Waals surface area contributed by atoms with Gasteiger partial charge in [-0.05, 0) is 30.7 Å². The van der Waals surface area contributed by atoms with Crippen molar-refractivity contribution >= 4 is 11.7 Å². The molecule has 3 rings (SSSR count). The molecule has 1 saturated heterocycles. The largest absolute Gasteiger partial charge is 0.457 e. The standard InChI is InChI=1S/C16H19NO4/c18-16-9-8-15(21-16)12-6-7-13(14(10-12)17(19)20)11-4-2-1-3-5-11/h6-7,10-11,15H,1-5,8-9H2. The molecule has 1 aromatic carbocycles. The molecule has 0 aromatic heterocycles. The number of hydrogen-bond acceptors (Lipinski definition) is 4. The Morgan fingerprint density at radius 1 is 1.14 bits per heavy atom. The second-order valence-corrected chi connectivity index (χ2v) is 5.93. The second kappa shape index (κ2) is 5.84. The van der Waals surface area contributed by atoms with Crippen molar-refractivity contribution in [3.05, 3.63) is 39.4 Å². The topological polar surface area (TPSA) is 69.4 Å². The van der Waals surface area contributed by atoms with Gasteiger partial charge in [0, 0.05) is 18.1 Å². The maximum absolute atomic E-state index is 11.4. The number of carbonyl (C=O) groups excluding carboxylic acids is 1. The molecule has 1 aliphatic heterocycles. The van der Waals surface area contributed by atoms with Crippen LogP contribution >= 0.6 is 0 Å². The summed E-state index contributed by atoms with van der Waals surface area (Å²) < 4.78 is 5.21. The molecule has 0 radical (unpaired) electrons. The van der Waals surface area contributed by atoms with Gasteiger partial charge >= 0.3 is 5.97 Å². The van der Waals surface area contributed by atoms with E-state index in [9.17, 15) is 14.9 Å². The van der Waals surface area contributed by atoms with Gasteiger partial charge in [0.05, 0.1) is 4.92 Å². The molecule has 2 fully saturated rings. The summed E-state index contributed by atoms with van der Waals surface area (Å²) in [7, 11) is 0. The monoisotopic (exact) mass is 289 g/mol. The maximum atomic E-state index is 11.4. The van der Waals surface area contributed by atoms with Crippen LogP contribution in [0.25, 0.3) is 0 Å². The normalized spacial score (nSPS) is 23.0. The minimum atomic E-state index is -0.323. The van der Waals surface area contributed by atoms with E-state index in [1.807, 2.05) is 12.1 Å². The molecule has 5 nitrogen and oxygen atoms in total. The smallest absolute Gasteiger partial charge is 0.306 e. The summed E-state index contributed by atoms with van der Waals surface area (Å²) >= 11 is 0. The number of benzene rings is 1. The lowest BCUT2D eigenvalue weighted by Gasteiger charge is -2.22. The van der Waals surface area contributed by atoms with Crippen molar-refractivity contribution in [2.45, 2.75) is 57.0 Å². The van der Waals surface area contributed by atoms with Gasteiger partial charge in [0.25, 0.3) is 5.69 Å². The van der Waals surface area contributed by atoms with Gasteiger partial charge in [-0.25, -0.2) is 0 Å². The Kier molecular flexibility index (Phi) is 3.90. The first-order valence-corrected chi connectivity index (χ1v) is 7.63. The highest BCUT2D eigenvalue weighted by molar-refractivity contribution is 5.71. The van der Waals surface area contributed by atoms with E-state index >= 15 is 0 Å². The summed E-state index contributed by atoms with van der Waals surface area (Å²) in [5.41, 5.74) is 1.77. The van der Waals surface area contributed by atoms with E-state index in [0.717, 1.165) is 36.8 Å². The van der Waals surface area contributed by atoms with Gasteiger partial charge in [-0.15, -0.1) is 0 Å². The highest BCUT2D eigenvalue weighted by Crippen LogP contribution is 2.39. The van der Waals surface area contributed by atoms with E-state index in [1.54, 1.807) is 6.07 Å². The van der Waals surface area contributed by atoms with Crippen molar-refractivity contribution in [3.63, 3.8) is 0 Å². The molecule has 1 atom stereocenters. The Bertz CT molecular complexity index is 563. The predicted octanol–water partition coefficient (Wildman–Crippen LogP) is 4.02. The van der Waals surface area contributed by atoms with Crippen LogP contribution in [0.5, 0.6) is 0 Å².